The fourth-order valence-electron chi connectivity index (χ4n) is 3.60. The molecule has 2 N–H and O–H groups in total. The zero-order valence-corrected chi connectivity index (χ0v) is 15.1. The highest BCUT2D eigenvalue weighted by Gasteiger charge is 2.12. The average molecular weight is 335 g/mol. The van der Waals surface area contributed by atoms with Gasteiger partial charge in [0.05, 0.1) is 11.0 Å². The van der Waals surface area contributed by atoms with E-state index in [0.717, 1.165) is 5.92 Å². The predicted molar refractivity (Wildman–Crippen MR) is 97.5 cm³/mol. The van der Waals surface area contributed by atoms with Gasteiger partial charge in [0.1, 0.15) is 5.82 Å². The van der Waals surface area contributed by atoms with Crippen molar-refractivity contribution in [3.05, 3.63) is 34.0 Å². The first kappa shape index (κ1) is 18.7. The Morgan fingerprint density at radius 1 is 1.12 bits per heavy atom. The van der Waals surface area contributed by atoms with Gasteiger partial charge >= 0.3 is 5.69 Å². The minimum absolute atomic E-state index is 0.130. The van der Waals surface area contributed by atoms with Gasteiger partial charge in [-0.25, -0.2) is 9.18 Å². The van der Waals surface area contributed by atoms with E-state index in [0.29, 0.717) is 16.6 Å². The summed E-state index contributed by atoms with van der Waals surface area (Å²) in [7, 11) is 3.27. The monoisotopic (exact) mass is 335 g/mol. The van der Waals surface area contributed by atoms with Crippen molar-refractivity contribution in [2.45, 2.75) is 58.4 Å². The van der Waals surface area contributed by atoms with Crippen molar-refractivity contribution < 1.29 is 4.39 Å². The Bertz CT molecular complexity index is 724. The molecule has 134 valence electrons. The largest absolute Gasteiger partial charge is 0.328 e. The standard InChI is InChI=1S/C10H12FN3O.C9H18/c1-13-8-3-6(5-12)7(11)4-9(8)14(2)10(13)15;1-2-6-9-7-4-3-5-8-9/h3-4H,5,12H2,1-2H3;9H,2-8H2,1H3. The third-order valence-corrected chi connectivity index (χ3v) is 5.08. The molecule has 2 aromatic rings. The predicted octanol–water partition coefficient (Wildman–Crippen LogP) is 3.84. The Morgan fingerprint density at radius 2 is 1.71 bits per heavy atom. The van der Waals surface area contributed by atoms with Crippen LogP contribution in [0.15, 0.2) is 16.9 Å². The SMILES string of the molecule is CCCC1CCCCC1.Cn1c(=O)n(C)c2cc(CN)c(F)cc21. The molecule has 1 aliphatic carbocycles. The summed E-state index contributed by atoms with van der Waals surface area (Å²) in [4.78, 5) is 11.6. The molecular formula is C19H30FN3O. The van der Waals surface area contributed by atoms with Gasteiger partial charge in [-0.3, -0.25) is 9.13 Å². The van der Waals surface area contributed by atoms with Crippen LogP contribution in [0.3, 0.4) is 0 Å². The van der Waals surface area contributed by atoms with Crippen molar-refractivity contribution in [3.63, 3.8) is 0 Å². The second kappa shape index (κ2) is 8.47. The smallest absolute Gasteiger partial charge is 0.326 e. The molecular weight excluding hydrogens is 305 g/mol. The van der Waals surface area contributed by atoms with Crippen LogP contribution in [-0.4, -0.2) is 9.13 Å². The molecule has 0 amide bonds. The maximum absolute atomic E-state index is 13.4. The highest BCUT2D eigenvalue weighted by Crippen LogP contribution is 2.26. The molecule has 4 nitrogen and oxygen atoms in total. The van der Waals surface area contributed by atoms with Crippen molar-refractivity contribution >= 4 is 11.0 Å². The van der Waals surface area contributed by atoms with Crippen molar-refractivity contribution in [3.8, 4) is 0 Å². The van der Waals surface area contributed by atoms with Crippen LogP contribution >= 0.6 is 0 Å². The Balaban J connectivity index is 0.000000198. The third-order valence-electron chi connectivity index (χ3n) is 5.08. The Hall–Kier alpha value is -1.62. The molecule has 1 saturated carbocycles. The third kappa shape index (κ3) is 4.07. The van der Waals surface area contributed by atoms with Crippen LogP contribution < -0.4 is 11.4 Å². The number of hydrogen-bond acceptors (Lipinski definition) is 2. The van der Waals surface area contributed by atoms with Gasteiger partial charge in [-0.2, -0.15) is 0 Å². The molecule has 0 unspecified atom stereocenters. The van der Waals surface area contributed by atoms with E-state index in [-0.39, 0.29) is 18.1 Å². The van der Waals surface area contributed by atoms with E-state index >= 15 is 0 Å². The molecule has 0 bridgehead atoms. The Labute approximate surface area is 143 Å². The van der Waals surface area contributed by atoms with Crippen LogP contribution in [0.25, 0.3) is 11.0 Å². The molecule has 1 heterocycles. The van der Waals surface area contributed by atoms with Gasteiger partial charge < -0.3 is 5.73 Å². The first-order valence-corrected chi connectivity index (χ1v) is 9.03. The number of aryl methyl sites for hydroxylation is 2. The normalized spacial score (nSPS) is 15.4. The van der Waals surface area contributed by atoms with E-state index < -0.39 is 0 Å². The fourth-order valence-corrected chi connectivity index (χ4v) is 3.60. The number of aromatic nitrogens is 2. The second-order valence-corrected chi connectivity index (χ2v) is 6.83. The topological polar surface area (TPSA) is 53.0 Å². The number of benzene rings is 1. The molecule has 0 saturated heterocycles. The lowest BCUT2D eigenvalue weighted by atomic mass is 9.86. The summed E-state index contributed by atoms with van der Waals surface area (Å²) < 4.78 is 16.3. The van der Waals surface area contributed by atoms with E-state index in [2.05, 4.69) is 6.92 Å². The Morgan fingerprint density at radius 3 is 2.25 bits per heavy atom. The van der Waals surface area contributed by atoms with E-state index in [9.17, 15) is 9.18 Å². The van der Waals surface area contributed by atoms with Crippen LogP contribution in [-0.2, 0) is 20.6 Å². The average Bonchev–Trinajstić information content (AvgIpc) is 2.80. The highest BCUT2D eigenvalue weighted by atomic mass is 19.1. The van der Waals surface area contributed by atoms with Crippen LogP contribution in [0.1, 0.15) is 57.4 Å². The molecule has 24 heavy (non-hydrogen) atoms. The molecule has 0 atom stereocenters. The van der Waals surface area contributed by atoms with E-state index in [4.69, 9.17) is 5.73 Å². The maximum Gasteiger partial charge on any atom is 0.328 e. The highest BCUT2D eigenvalue weighted by molar-refractivity contribution is 5.77. The lowest BCUT2D eigenvalue weighted by Crippen LogP contribution is -2.19. The van der Waals surface area contributed by atoms with Crippen LogP contribution in [0.4, 0.5) is 4.39 Å². The molecule has 1 fully saturated rings. The van der Waals surface area contributed by atoms with Crippen molar-refractivity contribution in [1.29, 1.82) is 0 Å². The minimum atomic E-state index is -0.369. The number of nitrogens with zero attached hydrogens (tertiary/aromatic N) is 2. The lowest BCUT2D eigenvalue weighted by Gasteiger charge is -2.20. The molecule has 1 aliphatic rings. The van der Waals surface area contributed by atoms with Crippen molar-refractivity contribution in [2.24, 2.45) is 25.7 Å². The quantitative estimate of drug-likeness (QED) is 0.926. The number of rotatable bonds is 3. The zero-order chi connectivity index (χ0) is 17.7. The van der Waals surface area contributed by atoms with E-state index in [1.54, 1.807) is 20.2 Å². The summed E-state index contributed by atoms with van der Waals surface area (Å²) in [6, 6.07) is 2.96. The van der Waals surface area contributed by atoms with Crippen molar-refractivity contribution in [1.82, 2.24) is 9.13 Å². The van der Waals surface area contributed by atoms with Gasteiger partial charge in [0.15, 0.2) is 0 Å². The number of halogens is 1. The minimum Gasteiger partial charge on any atom is -0.326 e. The molecule has 0 aliphatic heterocycles. The van der Waals surface area contributed by atoms with Gasteiger partial charge in [0.2, 0.25) is 0 Å². The van der Waals surface area contributed by atoms with E-state index in [1.165, 1.54) is 60.1 Å². The molecule has 0 spiro atoms. The molecule has 1 aromatic carbocycles. The number of fused-ring (bicyclic) bond motifs is 1. The summed E-state index contributed by atoms with van der Waals surface area (Å²) in [6.07, 6.45) is 10.4. The summed E-state index contributed by atoms with van der Waals surface area (Å²) in [5.74, 6) is 0.731. The van der Waals surface area contributed by atoms with Crippen molar-refractivity contribution in [2.75, 3.05) is 0 Å². The maximum atomic E-state index is 13.4. The second-order valence-electron chi connectivity index (χ2n) is 6.83. The van der Waals surface area contributed by atoms with Crippen LogP contribution in [0.5, 0.6) is 0 Å². The summed E-state index contributed by atoms with van der Waals surface area (Å²) in [6.45, 7) is 2.43. The van der Waals surface area contributed by atoms with E-state index in [1.807, 2.05) is 0 Å². The zero-order valence-electron chi connectivity index (χ0n) is 15.1. The van der Waals surface area contributed by atoms with Gasteiger partial charge in [0.25, 0.3) is 0 Å². The van der Waals surface area contributed by atoms with Gasteiger partial charge in [-0.05, 0) is 12.0 Å². The summed E-state index contributed by atoms with van der Waals surface area (Å²) in [5.41, 5.74) is 6.93. The van der Waals surface area contributed by atoms with Gasteiger partial charge in [0, 0.05) is 32.3 Å². The molecule has 3 rings (SSSR count). The van der Waals surface area contributed by atoms with Crippen LogP contribution in [0.2, 0.25) is 0 Å². The molecule has 5 heteroatoms. The Kier molecular flexibility index (Phi) is 6.60. The molecule has 0 radical (unpaired) electrons. The number of imidazole rings is 1. The first-order valence-electron chi connectivity index (χ1n) is 9.03. The van der Waals surface area contributed by atoms with Gasteiger partial charge in [-0.1, -0.05) is 51.9 Å². The molecule has 1 aromatic heterocycles. The van der Waals surface area contributed by atoms with Gasteiger partial charge in [-0.15, -0.1) is 0 Å². The first-order chi connectivity index (χ1) is 11.5. The fraction of sp³-hybridized carbons (Fsp3) is 0.632. The lowest BCUT2D eigenvalue weighted by molar-refractivity contribution is 0.336. The number of nitrogens with two attached hydrogens (primary N) is 1. The number of hydrogen-bond donors (Lipinski definition) is 1. The summed E-state index contributed by atoms with van der Waals surface area (Å²) in [5, 5.41) is 0. The summed E-state index contributed by atoms with van der Waals surface area (Å²) >= 11 is 0. The van der Waals surface area contributed by atoms with Crippen LogP contribution in [0, 0.1) is 11.7 Å².